The van der Waals surface area contributed by atoms with E-state index in [9.17, 15) is 24.6 Å². The molecule has 8 nitrogen and oxygen atoms in total. The van der Waals surface area contributed by atoms with Crippen molar-refractivity contribution in [3.8, 4) is 0 Å². The fraction of sp³-hybridized carbons (Fsp3) is 0.353. The van der Waals surface area contributed by atoms with Crippen LogP contribution in [-0.2, 0) is 16.6 Å². The van der Waals surface area contributed by atoms with Gasteiger partial charge in [0.1, 0.15) is 6.04 Å². The quantitative estimate of drug-likeness (QED) is 0.776. The van der Waals surface area contributed by atoms with E-state index in [-0.39, 0.29) is 5.56 Å². The fourth-order valence-electron chi connectivity index (χ4n) is 3.36. The van der Waals surface area contributed by atoms with Gasteiger partial charge < -0.3 is 19.7 Å². The third-order valence-corrected chi connectivity index (χ3v) is 4.66. The lowest BCUT2D eigenvalue weighted by Crippen LogP contribution is -2.48. The molecule has 132 valence electrons. The molecule has 1 aromatic carbocycles. The molecule has 0 saturated carbocycles. The summed E-state index contributed by atoms with van der Waals surface area (Å²) in [5, 5.41) is 19.6. The number of nitrogens with zero attached hydrogens (tertiary/aromatic N) is 3. The number of carbonyl (C=O) groups excluding carboxylic acids is 1. The number of aromatic carboxylic acids is 1. The Balaban J connectivity index is 2.04. The lowest BCUT2D eigenvalue weighted by atomic mass is 10.0. The molecule has 0 aliphatic carbocycles. The number of benzene rings is 1. The van der Waals surface area contributed by atoms with Gasteiger partial charge in [-0.2, -0.15) is 0 Å². The highest BCUT2D eigenvalue weighted by Crippen LogP contribution is 2.31. The van der Waals surface area contributed by atoms with Gasteiger partial charge in [0.05, 0.1) is 5.56 Å². The third-order valence-electron chi connectivity index (χ3n) is 4.66. The van der Waals surface area contributed by atoms with E-state index in [4.69, 9.17) is 0 Å². The van der Waals surface area contributed by atoms with Crippen LogP contribution in [0.1, 0.15) is 22.0 Å². The minimum Gasteiger partial charge on any atom is -0.480 e. The number of aromatic nitrogens is 1. The number of aryl methyl sites for hydroxylation is 1. The van der Waals surface area contributed by atoms with E-state index in [2.05, 4.69) is 0 Å². The second kappa shape index (κ2) is 6.56. The highest BCUT2D eigenvalue weighted by atomic mass is 16.4. The Morgan fingerprint density at radius 3 is 2.40 bits per heavy atom. The average molecular weight is 345 g/mol. The van der Waals surface area contributed by atoms with Crippen molar-refractivity contribution >= 4 is 29.3 Å². The summed E-state index contributed by atoms with van der Waals surface area (Å²) in [5.74, 6) is -2.05. The first kappa shape index (κ1) is 17.0. The molecule has 1 aliphatic heterocycles. The van der Waals surface area contributed by atoms with Crippen LogP contribution in [-0.4, -0.2) is 69.1 Å². The first-order valence-corrected chi connectivity index (χ1v) is 7.91. The van der Waals surface area contributed by atoms with E-state index >= 15 is 0 Å². The predicted octanol–water partition coefficient (Wildman–Crippen LogP) is 0.776. The maximum absolute atomic E-state index is 12.0. The molecule has 2 heterocycles. The number of rotatable bonds is 5. The summed E-state index contributed by atoms with van der Waals surface area (Å²) in [5.41, 5.74) is 1.46. The number of hydrogen-bond acceptors (Lipinski definition) is 4. The van der Waals surface area contributed by atoms with Crippen molar-refractivity contribution in [3.05, 3.63) is 35.5 Å². The molecule has 1 amide bonds. The molecule has 0 radical (unpaired) electrons. The van der Waals surface area contributed by atoms with Crippen LogP contribution >= 0.6 is 0 Å². The Morgan fingerprint density at radius 1 is 1.16 bits per heavy atom. The molecule has 1 aromatic heterocycles. The van der Waals surface area contributed by atoms with Crippen molar-refractivity contribution in [1.29, 1.82) is 0 Å². The monoisotopic (exact) mass is 345 g/mol. The number of carbonyl (C=O) groups is 3. The van der Waals surface area contributed by atoms with Crippen LogP contribution in [0.2, 0.25) is 0 Å². The molecule has 0 bridgehead atoms. The molecule has 1 unspecified atom stereocenters. The maximum atomic E-state index is 12.0. The zero-order valence-corrected chi connectivity index (χ0v) is 13.8. The number of hydrogen-bond donors (Lipinski definition) is 2. The number of piperazine rings is 1. The minimum absolute atomic E-state index is 0.120. The first-order valence-electron chi connectivity index (χ1n) is 7.91. The van der Waals surface area contributed by atoms with Gasteiger partial charge in [-0.3, -0.25) is 14.5 Å². The van der Waals surface area contributed by atoms with E-state index in [1.54, 1.807) is 28.8 Å². The van der Waals surface area contributed by atoms with E-state index < -0.39 is 18.0 Å². The summed E-state index contributed by atoms with van der Waals surface area (Å²) < 4.78 is 1.80. The number of aliphatic carboxylic acids is 1. The molecule has 8 heteroatoms. The Bertz CT molecular complexity index is 836. The van der Waals surface area contributed by atoms with Crippen LogP contribution in [0.4, 0.5) is 0 Å². The molecular weight excluding hydrogens is 326 g/mol. The summed E-state index contributed by atoms with van der Waals surface area (Å²) in [7, 11) is 1.80. The smallest absolute Gasteiger partial charge is 0.335 e. The molecule has 3 rings (SSSR count). The molecular formula is C17H19N3O5. The van der Waals surface area contributed by atoms with Crippen molar-refractivity contribution in [2.75, 3.05) is 26.2 Å². The van der Waals surface area contributed by atoms with Gasteiger partial charge in [-0.1, -0.05) is 0 Å². The van der Waals surface area contributed by atoms with Crippen LogP contribution in [0.25, 0.3) is 10.9 Å². The Kier molecular flexibility index (Phi) is 4.45. The summed E-state index contributed by atoms with van der Waals surface area (Å²) >= 11 is 0. The van der Waals surface area contributed by atoms with Crippen LogP contribution in [0.3, 0.4) is 0 Å². The van der Waals surface area contributed by atoms with E-state index in [1.807, 2.05) is 4.90 Å². The second-order valence-electron chi connectivity index (χ2n) is 6.15. The van der Waals surface area contributed by atoms with Crippen molar-refractivity contribution in [2.24, 2.45) is 7.05 Å². The third kappa shape index (κ3) is 3.08. The topological polar surface area (TPSA) is 103 Å². The van der Waals surface area contributed by atoms with Gasteiger partial charge in [-0.15, -0.1) is 0 Å². The summed E-state index contributed by atoms with van der Waals surface area (Å²) in [6.45, 7) is 1.84. The molecule has 1 atom stereocenters. The zero-order chi connectivity index (χ0) is 18.1. The van der Waals surface area contributed by atoms with Gasteiger partial charge in [-0.05, 0) is 18.2 Å². The first-order chi connectivity index (χ1) is 11.9. The lowest BCUT2D eigenvalue weighted by molar-refractivity contribution is -0.144. The second-order valence-corrected chi connectivity index (χ2v) is 6.15. The summed E-state index contributed by atoms with van der Waals surface area (Å²) in [6.07, 6.45) is 2.51. The van der Waals surface area contributed by atoms with Crippen molar-refractivity contribution in [2.45, 2.75) is 6.04 Å². The number of amides is 1. The van der Waals surface area contributed by atoms with Gasteiger partial charge in [0.2, 0.25) is 6.41 Å². The largest absolute Gasteiger partial charge is 0.480 e. The zero-order valence-electron chi connectivity index (χ0n) is 13.8. The predicted molar refractivity (Wildman–Crippen MR) is 89.5 cm³/mol. The average Bonchev–Trinajstić information content (AvgIpc) is 2.91. The van der Waals surface area contributed by atoms with Gasteiger partial charge in [-0.25, -0.2) is 4.79 Å². The maximum Gasteiger partial charge on any atom is 0.335 e. The molecule has 1 fully saturated rings. The number of carboxylic acid groups (broad SMARTS) is 2. The highest BCUT2D eigenvalue weighted by molar-refractivity contribution is 5.96. The van der Waals surface area contributed by atoms with Gasteiger partial charge in [0.25, 0.3) is 0 Å². The summed E-state index contributed by atoms with van der Waals surface area (Å²) in [4.78, 5) is 37.5. The molecule has 0 spiro atoms. The Hall–Kier alpha value is -2.87. The van der Waals surface area contributed by atoms with Crippen LogP contribution in [0.5, 0.6) is 0 Å². The standard InChI is InChI=1S/C17H19N3O5/c1-18-9-13(12-8-11(16(22)23)2-3-14(12)18)15(17(24)25)20-6-4-19(10-21)5-7-20/h2-3,8-10,15H,4-7H2,1H3,(H,22,23)(H,24,25). The van der Waals surface area contributed by atoms with Crippen LogP contribution < -0.4 is 0 Å². The van der Waals surface area contributed by atoms with E-state index in [0.29, 0.717) is 37.1 Å². The van der Waals surface area contributed by atoms with Crippen molar-refractivity contribution in [3.63, 3.8) is 0 Å². The number of carboxylic acids is 2. The fourth-order valence-corrected chi connectivity index (χ4v) is 3.36. The molecule has 25 heavy (non-hydrogen) atoms. The van der Waals surface area contributed by atoms with E-state index in [0.717, 1.165) is 11.9 Å². The van der Waals surface area contributed by atoms with Gasteiger partial charge >= 0.3 is 11.9 Å². The van der Waals surface area contributed by atoms with Crippen molar-refractivity contribution < 1.29 is 24.6 Å². The normalized spacial score (nSPS) is 16.8. The lowest BCUT2D eigenvalue weighted by Gasteiger charge is -2.36. The highest BCUT2D eigenvalue weighted by Gasteiger charge is 2.32. The number of fused-ring (bicyclic) bond motifs is 1. The Morgan fingerprint density at radius 2 is 1.84 bits per heavy atom. The summed E-state index contributed by atoms with van der Waals surface area (Å²) in [6, 6.07) is 3.82. The molecule has 1 saturated heterocycles. The SMILES string of the molecule is Cn1cc(C(C(=O)O)N2CCN(C=O)CC2)c2cc(C(=O)O)ccc21. The van der Waals surface area contributed by atoms with Gasteiger partial charge in [0.15, 0.2) is 0 Å². The Labute approximate surface area is 143 Å². The minimum atomic E-state index is -1.05. The van der Waals surface area contributed by atoms with Crippen molar-refractivity contribution in [1.82, 2.24) is 14.4 Å². The van der Waals surface area contributed by atoms with E-state index in [1.165, 1.54) is 12.1 Å². The molecule has 1 aliphatic rings. The molecule has 2 N–H and O–H groups in total. The molecule has 2 aromatic rings. The van der Waals surface area contributed by atoms with Gasteiger partial charge in [0, 0.05) is 55.9 Å². The van der Waals surface area contributed by atoms with Crippen LogP contribution in [0.15, 0.2) is 24.4 Å². The van der Waals surface area contributed by atoms with Crippen LogP contribution in [0, 0.1) is 0 Å².